The van der Waals surface area contributed by atoms with Crippen LogP contribution in [0.15, 0.2) is 48.5 Å². The molecule has 158 valence electrons. The van der Waals surface area contributed by atoms with Crippen LogP contribution >= 0.6 is 11.6 Å². The maximum atomic E-state index is 13.1. The van der Waals surface area contributed by atoms with Crippen LogP contribution in [0.3, 0.4) is 0 Å². The average molecular weight is 434 g/mol. The number of carbonyl (C=O) groups excluding carboxylic acids is 2. The van der Waals surface area contributed by atoms with Crippen LogP contribution in [0.25, 0.3) is 22.6 Å². The lowest BCUT2D eigenvalue weighted by molar-refractivity contribution is -0.129. The molecule has 5 heteroatoms. The maximum absolute atomic E-state index is 13.1. The first kappa shape index (κ1) is 21.3. The monoisotopic (exact) mass is 433 g/mol. The molecule has 3 aromatic rings. The number of fused-ring (bicyclic) bond motifs is 2. The molecule has 0 bridgehead atoms. The fraction of sp³-hybridized carbons (Fsp3) is 0.269. The number of rotatable bonds is 4. The molecule has 0 fully saturated rings. The molecule has 4 nitrogen and oxygen atoms in total. The fourth-order valence-electron chi connectivity index (χ4n) is 3.69. The Kier molecular flexibility index (Phi) is 5.67. The van der Waals surface area contributed by atoms with Gasteiger partial charge in [-0.3, -0.25) is 4.79 Å². The van der Waals surface area contributed by atoms with E-state index in [9.17, 15) is 9.59 Å². The number of ether oxygens (including phenoxy) is 1. The normalized spacial score (nSPS) is 14.6. The van der Waals surface area contributed by atoms with E-state index in [1.807, 2.05) is 69.3 Å². The Bertz CT molecular complexity index is 1200. The number of Topliss-reactive ketones (excluding diaryl/α,β-unsaturated/α-hetero) is 1. The summed E-state index contributed by atoms with van der Waals surface area (Å²) in [6.07, 6.45) is 3.56. The van der Waals surface area contributed by atoms with E-state index < -0.39 is 11.4 Å². The first-order valence-corrected chi connectivity index (χ1v) is 10.7. The van der Waals surface area contributed by atoms with Gasteiger partial charge in [-0.25, -0.2) is 9.78 Å². The van der Waals surface area contributed by atoms with Crippen LogP contribution in [0.4, 0.5) is 0 Å². The third-order valence-corrected chi connectivity index (χ3v) is 5.78. The highest BCUT2D eigenvalue weighted by Crippen LogP contribution is 2.38. The van der Waals surface area contributed by atoms with Gasteiger partial charge in [-0.05, 0) is 53.8 Å². The van der Waals surface area contributed by atoms with Gasteiger partial charge in [0.05, 0.1) is 16.8 Å². The van der Waals surface area contributed by atoms with Gasteiger partial charge in [-0.2, -0.15) is 0 Å². The van der Waals surface area contributed by atoms with Gasteiger partial charge in [-0.15, -0.1) is 0 Å². The van der Waals surface area contributed by atoms with Crippen LogP contribution in [-0.2, 0) is 16.0 Å². The van der Waals surface area contributed by atoms with Crippen molar-refractivity contribution in [3.8, 4) is 0 Å². The van der Waals surface area contributed by atoms with Crippen molar-refractivity contribution in [2.24, 2.45) is 5.41 Å². The molecule has 0 spiro atoms. The number of ketones is 1. The Morgan fingerprint density at radius 2 is 1.77 bits per heavy atom. The van der Waals surface area contributed by atoms with Crippen LogP contribution in [0.1, 0.15) is 54.4 Å². The van der Waals surface area contributed by atoms with Crippen LogP contribution in [0, 0.1) is 5.41 Å². The zero-order valence-electron chi connectivity index (χ0n) is 17.9. The minimum atomic E-state index is -0.559. The SMILES string of the molecule is CC(C)(C)C(=O)COC(=O)c1c2c(nc3ccccc13)C(=Cc1ccc(Cl)cc1)CC2. The number of halogens is 1. The number of esters is 1. The quantitative estimate of drug-likeness (QED) is 0.463. The second kappa shape index (κ2) is 8.27. The summed E-state index contributed by atoms with van der Waals surface area (Å²) >= 11 is 6.00. The Morgan fingerprint density at radius 1 is 1.06 bits per heavy atom. The molecular formula is C26H24ClNO3. The predicted octanol–water partition coefficient (Wildman–Crippen LogP) is 6.15. The third-order valence-electron chi connectivity index (χ3n) is 5.53. The average Bonchev–Trinajstić information content (AvgIpc) is 3.13. The van der Waals surface area contributed by atoms with E-state index in [-0.39, 0.29) is 12.4 Å². The van der Waals surface area contributed by atoms with Crippen molar-refractivity contribution in [3.63, 3.8) is 0 Å². The van der Waals surface area contributed by atoms with E-state index in [2.05, 4.69) is 6.08 Å². The molecule has 0 radical (unpaired) electrons. The molecule has 0 amide bonds. The second-order valence-corrected chi connectivity index (χ2v) is 9.24. The smallest absolute Gasteiger partial charge is 0.339 e. The lowest BCUT2D eigenvalue weighted by Gasteiger charge is -2.17. The number of para-hydroxylation sites is 1. The van der Waals surface area contributed by atoms with E-state index in [4.69, 9.17) is 21.3 Å². The lowest BCUT2D eigenvalue weighted by Crippen LogP contribution is -2.26. The zero-order valence-corrected chi connectivity index (χ0v) is 18.6. The molecule has 0 atom stereocenters. The molecule has 2 aromatic carbocycles. The summed E-state index contributed by atoms with van der Waals surface area (Å²) in [5, 5.41) is 1.44. The molecule has 0 saturated heterocycles. The summed E-state index contributed by atoms with van der Waals surface area (Å²) in [4.78, 5) is 30.2. The topological polar surface area (TPSA) is 56.3 Å². The minimum Gasteiger partial charge on any atom is -0.454 e. The summed E-state index contributed by atoms with van der Waals surface area (Å²) in [7, 11) is 0. The van der Waals surface area contributed by atoms with E-state index in [1.165, 1.54) is 0 Å². The van der Waals surface area contributed by atoms with Crippen LogP contribution < -0.4 is 0 Å². The van der Waals surface area contributed by atoms with Crippen molar-refractivity contribution in [2.75, 3.05) is 6.61 Å². The second-order valence-electron chi connectivity index (χ2n) is 8.80. The number of hydrogen-bond donors (Lipinski definition) is 0. The largest absolute Gasteiger partial charge is 0.454 e. The van der Waals surface area contributed by atoms with Gasteiger partial charge >= 0.3 is 5.97 Å². The van der Waals surface area contributed by atoms with Crippen LogP contribution in [-0.4, -0.2) is 23.3 Å². The van der Waals surface area contributed by atoms with Crippen molar-refractivity contribution < 1.29 is 14.3 Å². The van der Waals surface area contributed by atoms with Gasteiger partial charge in [0.1, 0.15) is 0 Å². The zero-order chi connectivity index (χ0) is 22.2. The van der Waals surface area contributed by atoms with Crippen LogP contribution in [0.5, 0.6) is 0 Å². The van der Waals surface area contributed by atoms with E-state index in [0.717, 1.165) is 39.7 Å². The summed E-state index contributed by atoms with van der Waals surface area (Å²) in [6, 6.07) is 15.2. The molecule has 0 saturated carbocycles. The maximum Gasteiger partial charge on any atom is 0.339 e. The lowest BCUT2D eigenvalue weighted by atomic mass is 9.91. The summed E-state index contributed by atoms with van der Waals surface area (Å²) in [5.41, 5.74) is 4.50. The Morgan fingerprint density at radius 3 is 2.48 bits per heavy atom. The summed E-state index contributed by atoms with van der Waals surface area (Å²) < 4.78 is 5.47. The number of allylic oxidation sites excluding steroid dienone is 1. The number of benzene rings is 2. The number of nitrogens with zero attached hydrogens (tertiary/aromatic N) is 1. The number of pyridine rings is 1. The number of hydrogen-bond acceptors (Lipinski definition) is 4. The predicted molar refractivity (Wildman–Crippen MR) is 124 cm³/mol. The Labute approximate surface area is 186 Å². The van der Waals surface area contributed by atoms with Gasteiger partial charge in [0.25, 0.3) is 0 Å². The molecule has 1 aromatic heterocycles. The minimum absolute atomic E-state index is 0.112. The van der Waals surface area contributed by atoms with E-state index in [0.29, 0.717) is 17.0 Å². The van der Waals surface area contributed by atoms with Gasteiger partial charge in [0.2, 0.25) is 0 Å². The highest BCUT2D eigenvalue weighted by molar-refractivity contribution is 6.30. The van der Waals surface area contributed by atoms with Crippen molar-refractivity contribution >= 4 is 45.9 Å². The van der Waals surface area contributed by atoms with Crippen molar-refractivity contribution in [3.05, 3.63) is 75.9 Å². The summed E-state index contributed by atoms with van der Waals surface area (Å²) in [5.74, 6) is -0.584. The highest BCUT2D eigenvalue weighted by Gasteiger charge is 2.29. The van der Waals surface area contributed by atoms with Crippen LogP contribution in [0.2, 0.25) is 5.02 Å². The Balaban J connectivity index is 1.75. The summed E-state index contributed by atoms with van der Waals surface area (Å²) in [6.45, 7) is 5.21. The highest BCUT2D eigenvalue weighted by atomic mass is 35.5. The molecular weight excluding hydrogens is 410 g/mol. The number of aromatic nitrogens is 1. The molecule has 1 aliphatic carbocycles. The molecule has 31 heavy (non-hydrogen) atoms. The first-order valence-electron chi connectivity index (χ1n) is 10.3. The van der Waals surface area contributed by atoms with Gasteiger partial charge in [-0.1, -0.05) is 62.7 Å². The van der Waals surface area contributed by atoms with Crippen molar-refractivity contribution in [1.82, 2.24) is 4.98 Å². The molecule has 0 aliphatic heterocycles. The van der Waals surface area contributed by atoms with Gasteiger partial charge in [0, 0.05) is 15.8 Å². The van der Waals surface area contributed by atoms with E-state index >= 15 is 0 Å². The molecule has 0 N–H and O–H groups in total. The fourth-order valence-corrected chi connectivity index (χ4v) is 3.82. The van der Waals surface area contributed by atoms with Crippen molar-refractivity contribution in [1.29, 1.82) is 0 Å². The number of carbonyl (C=O) groups is 2. The van der Waals surface area contributed by atoms with E-state index in [1.54, 1.807) is 0 Å². The van der Waals surface area contributed by atoms with Gasteiger partial charge < -0.3 is 4.74 Å². The molecule has 0 unspecified atom stereocenters. The third kappa shape index (κ3) is 4.40. The van der Waals surface area contributed by atoms with Crippen molar-refractivity contribution in [2.45, 2.75) is 33.6 Å². The molecule has 1 heterocycles. The Hall–Kier alpha value is -2.98. The first-order chi connectivity index (χ1) is 14.7. The molecule has 4 rings (SSSR count). The molecule has 1 aliphatic rings. The van der Waals surface area contributed by atoms with Gasteiger partial charge in [0.15, 0.2) is 12.4 Å². The standard InChI is InChI=1S/C26H24ClNO3/c1-26(2,3)22(29)15-31-25(30)23-19-6-4-5-7-21(19)28-24-17(10-13-20(23)24)14-16-8-11-18(27)12-9-16/h4-9,11-12,14H,10,13,15H2,1-3H3.